The van der Waals surface area contributed by atoms with Gasteiger partial charge in [0, 0.05) is 16.4 Å². The van der Waals surface area contributed by atoms with E-state index in [0.717, 1.165) is 16.3 Å². The molecule has 2 heterocycles. The molecule has 1 unspecified atom stereocenters. The molecule has 1 fully saturated rings. The Morgan fingerprint density at radius 1 is 1.38 bits per heavy atom. The number of furan rings is 1. The van der Waals surface area contributed by atoms with E-state index in [0.29, 0.717) is 18.5 Å². The number of hydrogen-bond acceptors (Lipinski definition) is 4. The zero-order chi connectivity index (χ0) is 15.0. The summed E-state index contributed by atoms with van der Waals surface area (Å²) in [6.45, 7) is 0.541. The number of carbonyl (C=O) groups excluding carboxylic acids is 2. The summed E-state index contributed by atoms with van der Waals surface area (Å²) in [6, 6.07) is 6.77. The predicted molar refractivity (Wildman–Crippen MR) is 80.0 cm³/mol. The Bertz CT molecular complexity index is 709. The molecule has 1 aliphatic heterocycles. The van der Waals surface area contributed by atoms with E-state index in [1.54, 1.807) is 6.07 Å². The van der Waals surface area contributed by atoms with E-state index in [4.69, 9.17) is 9.15 Å². The molecule has 0 radical (unpaired) electrons. The number of benzene rings is 1. The number of nitrogens with zero attached hydrogens (tertiary/aromatic N) is 1. The highest BCUT2D eigenvalue weighted by Crippen LogP contribution is 2.26. The van der Waals surface area contributed by atoms with Crippen LogP contribution in [0.2, 0.25) is 0 Å². The minimum absolute atomic E-state index is 0.249. The summed E-state index contributed by atoms with van der Waals surface area (Å²) in [4.78, 5) is 25.8. The van der Waals surface area contributed by atoms with E-state index >= 15 is 0 Å². The molecule has 3 rings (SSSR count). The molecule has 1 atom stereocenters. The number of fused-ring (bicyclic) bond motifs is 1. The van der Waals surface area contributed by atoms with Crippen molar-refractivity contribution < 1.29 is 18.7 Å². The van der Waals surface area contributed by atoms with Gasteiger partial charge in [-0.05, 0) is 37.1 Å². The zero-order valence-electron chi connectivity index (χ0n) is 11.5. The van der Waals surface area contributed by atoms with Crippen LogP contribution in [0.5, 0.6) is 0 Å². The highest BCUT2D eigenvalue weighted by Gasteiger charge is 2.36. The van der Waals surface area contributed by atoms with Gasteiger partial charge in [0.1, 0.15) is 11.6 Å². The first-order chi connectivity index (χ1) is 10.1. The third-order valence-corrected chi connectivity index (χ3v) is 4.17. The normalized spacial score (nSPS) is 18.2. The van der Waals surface area contributed by atoms with Gasteiger partial charge in [-0.2, -0.15) is 0 Å². The van der Waals surface area contributed by atoms with E-state index in [1.165, 1.54) is 12.0 Å². The van der Waals surface area contributed by atoms with E-state index in [9.17, 15) is 9.59 Å². The second kappa shape index (κ2) is 5.52. The maximum Gasteiger partial charge on any atom is 0.328 e. The average Bonchev–Trinajstić information content (AvgIpc) is 3.11. The van der Waals surface area contributed by atoms with E-state index < -0.39 is 6.04 Å². The monoisotopic (exact) mass is 351 g/mol. The molecule has 0 saturated carbocycles. The Morgan fingerprint density at radius 2 is 2.19 bits per heavy atom. The predicted octanol–water partition coefficient (Wildman–Crippen LogP) is 2.97. The van der Waals surface area contributed by atoms with Gasteiger partial charge < -0.3 is 14.1 Å². The lowest BCUT2D eigenvalue weighted by atomic mass is 10.2. The van der Waals surface area contributed by atoms with Crippen molar-refractivity contribution in [3.05, 3.63) is 34.5 Å². The molecule has 1 saturated heterocycles. The first-order valence-corrected chi connectivity index (χ1v) is 7.47. The van der Waals surface area contributed by atoms with Crippen LogP contribution >= 0.6 is 15.9 Å². The summed E-state index contributed by atoms with van der Waals surface area (Å²) >= 11 is 3.37. The molecule has 2 aromatic rings. The molecule has 0 spiro atoms. The van der Waals surface area contributed by atoms with Gasteiger partial charge in [0.05, 0.1) is 7.11 Å². The summed E-state index contributed by atoms with van der Waals surface area (Å²) in [7, 11) is 1.34. The SMILES string of the molecule is COC(=O)C1CCCN1C(=O)c1cc2ccc(Br)cc2o1. The van der Waals surface area contributed by atoms with Crippen molar-refractivity contribution in [2.45, 2.75) is 18.9 Å². The molecule has 110 valence electrons. The van der Waals surface area contributed by atoms with E-state index in [1.807, 2.05) is 18.2 Å². The van der Waals surface area contributed by atoms with Crippen molar-refractivity contribution in [3.63, 3.8) is 0 Å². The molecular weight excluding hydrogens is 338 g/mol. The smallest absolute Gasteiger partial charge is 0.328 e. The van der Waals surface area contributed by atoms with Gasteiger partial charge in [-0.1, -0.05) is 15.9 Å². The summed E-state index contributed by atoms with van der Waals surface area (Å²) < 4.78 is 11.3. The third kappa shape index (κ3) is 2.55. The standard InChI is InChI=1S/C15H14BrNO4/c1-20-15(19)11-3-2-6-17(11)14(18)13-7-9-4-5-10(16)8-12(9)21-13/h4-5,7-8,11H,2-3,6H2,1H3. The number of carbonyl (C=O) groups is 2. The average molecular weight is 352 g/mol. The Kier molecular flexibility index (Phi) is 3.71. The van der Waals surface area contributed by atoms with E-state index in [2.05, 4.69) is 15.9 Å². The number of ether oxygens (including phenoxy) is 1. The number of likely N-dealkylation sites (tertiary alicyclic amines) is 1. The number of hydrogen-bond donors (Lipinski definition) is 0. The molecule has 0 aliphatic carbocycles. The first kappa shape index (κ1) is 14.1. The maximum atomic E-state index is 12.5. The number of esters is 1. The molecule has 21 heavy (non-hydrogen) atoms. The van der Waals surface area contributed by atoms with Crippen LogP contribution in [0.25, 0.3) is 11.0 Å². The lowest BCUT2D eigenvalue weighted by molar-refractivity contribution is -0.145. The van der Waals surface area contributed by atoms with Gasteiger partial charge in [-0.15, -0.1) is 0 Å². The topological polar surface area (TPSA) is 59.8 Å². The van der Waals surface area contributed by atoms with Crippen LogP contribution in [-0.4, -0.2) is 36.5 Å². The second-order valence-electron chi connectivity index (χ2n) is 4.97. The lowest BCUT2D eigenvalue weighted by Crippen LogP contribution is -2.40. The van der Waals surface area contributed by atoms with Crippen LogP contribution in [-0.2, 0) is 9.53 Å². The van der Waals surface area contributed by atoms with Crippen LogP contribution < -0.4 is 0 Å². The van der Waals surface area contributed by atoms with Crippen LogP contribution in [0.4, 0.5) is 0 Å². The Balaban J connectivity index is 1.91. The second-order valence-corrected chi connectivity index (χ2v) is 5.89. The van der Waals surface area contributed by atoms with Crippen molar-refractivity contribution in [1.82, 2.24) is 4.90 Å². The fourth-order valence-corrected chi connectivity index (χ4v) is 2.98. The van der Waals surface area contributed by atoms with Crippen molar-refractivity contribution in [2.75, 3.05) is 13.7 Å². The molecule has 0 N–H and O–H groups in total. The molecule has 1 aromatic carbocycles. The Hall–Kier alpha value is -1.82. The first-order valence-electron chi connectivity index (χ1n) is 6.68. The van der Waals surface area contributed by atoms with Crippen LogP contribution in [0.1, 0.15) is 23.4 Å². The number of amides is 1. The van der Waals surface area contributed by atoms with Crippen LogP contribution in [0, 0.1) is 0 Å². The minimum atomic E-state index is -0.512. The van der Waals surface area contributed by atoms with Gasteiger partial charge in [0.15, 0.2) is 5.76 Å². The molecule has 1 aliphatic rings. The number of methoxy groups -OCH3 is 1. The van der Waals surface area contributed by atoms with Gasteiger partial charge >= 0.3 is 5.97 Å². The van der Waals surface area contributed by atoms with Crippen molar-refractivity contribution in [1.29, 1.82) is 0 Å². The van der Waals surface area contributed by atoms with Crippen molar-refractivity contribution in [2.24, 2.45) is 0 Å². The van der Waals surface area contributed by atoms with Gasteiger partial charge in [-0.3, -0.25) is 4.79 Å². The summed E-state index contributed by atoms with van der Waals surface area (Å²) in [5.74, 6) is -0.395. The number of rotatable bonds is 2. The largest absolute Gasteiger partial charge is 0.467 e. The third-order valence-electron chi connectivity index (χ3n) is 3.68. The van der Waals surface area contributed by atoms with Gasteiger partial charge in [0.2, 0.25) is 0 Å². The Morgan fingerprint density at radius 3 is 2.95 bits per heavy atom. The molecular formula is C15H14BrNO4. The molecule has 1 aromatic heterocycles. The van der Waals surface area contributed by atoms with Crippen molar-refractivity contribution >= 4 is 38.8 Å². The van der Waals surface area contributed by atoms with E-state index in [-0.39, 0.29) is 17.6 Å². The minimum Gasteiger partial charge on any atom is -0.467 e. The summed E-state index contributed by atoms with van der Waals surface area (Å²) in [6.07, 6.45) is 1.42. The fourth-order valence-electron chi connectivity index (χ4n) is 2.64. The summed E-state index contributed by atoms with van der Waals surface area (Å²) in [5, 5.41) is 0.857. The fraction of sp³-hybridized carbons (Fsp3) is 0.333. The molecule has 6 heteroatoms. The van der Waals surface area contributed by atoms with Gasteiger partial charge in [-0.25, -0.2) is 4.79 Å². The quantitative estimate of drug-likeness (QED) is 0.780. The molecule has 5 nitrogen and oxygen atoms in total. The maximum absolute atomic E-state index is 12.5. The lowest BCUT2D eigenvalue weighted by Gasteiger charge is -2.21. The summed E-state index contributed by atoms with van der Waals surface area (Å²) in [5.41, 5.74) is 0.640. The Labute approximate surface area is 130 Å². The number of halogens is 1. The zero-order valence-corrected chi connectivity index (χ0v) is 13.1. The van der Waals surface area contributed by atoms with Crippen LogP contribution in [0.15, 0.2) is 33.2 Å². The molecule has 1 amide bonds. The highest BCUT2D eigenvalue weighted by atomic mass is 79.9. The van der Waals surface area contributed by atoms with Gasteiger partial charge in [0.25, 0.3) is 5.91 Å². The van der Waals surface area contributed by atoms with Crippen molar-refractivity contribution in [3.8, 4) is 0 Å². The van der Waals surface area contributed by atoms with Crippen LogP contribution in [0.3, 0.4) is 0 Å². The molecule has 0 bridgehead atoms. The highest BCUT2D eigenvalue weighted by molar-refractivity contribution is 9.10.